The van der Waals surface area contributed by atoms with Crippen LogP contribution in [0.25, 0.3) is 0 Å². The number of phenolic OH excluding ortho intramolecular Hbond substituents is 1. The van der Waals surface area contributed by atoms with Gasteiger partial charge in [0.2, 0.25) is 0 Å². The highest BCUT2D eigenvalue weighted by atomic mass is 16.5. The molecule has 0 aromatic heterocycles. The molecule has 4 aromatic rings. The van der Waals surface area contributed by atoms with Crippen LogP contribution in [0.4, 0.5) is 0 Å². The number of para-hydroxylation sites is 3. The van der Waals surface area contributed by atoms with Gasteiger partial charge >= 0.3 is 0 Å². The van der Waals surface area contributed by atoms with E-state index in [1.807, 2.05) is 60.7 Å². The summed E-state index contributed by atoms with van der Waals surface area (Å²) in [6.45, 7) is 0. The first-order valence-corrected chi connectivity index (χ1v) is 9.13. The highest BCUT2D eigenvalue weighted by Gasteiger charge is 2.20. The lowest BCUT2D eigenvalue weighted by Crippen LogP contribution is -2.05. The van der Waals surface area contributed by atoms with Crippen LogP contribution in [0.1, 0.15) is 15.9 Å². The van der Waals surface area contributed by atoms with Gasteiger partial charge in [-0.05, 0) is 60.7 Å². The Labute approximate surface area is 168 Å². The Kier molecular flexibility index (Phi) is 5.25. The molecule has 0 atom stereocenters. The van der Waals surface area contributed by atoms with Crippen LogP contribution in [-0.2, 0) is 0 Å². The first-order valence-electron chi connectivity index (χ1n) is 9.13. The van der Waals surface area contributed by atoms with E-state index in [1.54, 1.807) is 30.3 Å². The van der Waals surface area contributed by atoms with E-state index < -0.39 is 0 Å². The molecule has 29 heavy (non-hydrogen) atoms. The Morgan fingerprint density at radius 3 is 1.83 bits per heavy atom. The van der Waals surface area contributed by atoms with E-state index >= 15 is 0 Å². The largest absolute Gasteiger partial charge is 0.508 e. The van der Waals surface area contributed by atoms with Gasteiger partial charge < -0.3 is 14.6 Å². The van der Waals surface area contributed by atoms with Crippen LogP contribution in [0.5, 0.6) is 28.7 Å². The molecule has 0 saturated heterocycles. The Bertz CT molecular complexity index is 1100. The average Bonchev–Trinajstić information content (AvgIpc) is 2.76. The lowest BCUT2D eigenvalue weighted by atomic mass is 10.0. The second-order valence-corrected chi connectivity index (χ2v) is 6.34. The van der Waals surface area contributed by atoms with Crippen LogP contribution < -0.4 is 9.47 Å². The average molecular weight is 382 g/mol. The van der Waals surface area contributed by atoms with Crippen LogP contribution in [0.2, 0.25) is 0 Å². The maximum atomic E-state index is 13.2. The molecule has 0 unspecified atom stereocenters. The van der Waals surface area contributed by atoms with Crippen LogP contribution in [-0.4, -0.2) is 10.9 Å². The fourth-order valence-electron chi connectivity index (χ4n) is 2.87. The molecule has 0 amide bonds. The number of ketones is 1. The normalized spacial score (nSPS) is 10.3. The molecular formula is C25H18O4. The van der Waals surface area contributed by atoms with Gasteiger partial charge in [-0.2, -0.15) is 0 Å². The third kappa shape index (κ3) is 4.28. The number of ether oxygens (including phenoxy) is 2. The summed E-state index contributed by atoms with van der Waals surface area (Å²) in [5.74, 6) is 1.87. The number of aromatic hydroxyl groups is 1. The Balaban J connectivity index is 1.78. The summed E-state index contributed by atoms with van der Waals surface area (Å²) in [6.07, 6.45) is 0. The minimum Gasteiger partial charge on any atom is -0.508 e. The van der Waals surface area contributed by atoms with Crippen molar-refractivity contribution in [2.45, 2.75) is 0 Å². The summed E-state index contributed by atoms with van der Waals surface area (Å²) in [5.41, 5.74) is 0.811. The van der Waals surface area contributed by atoms with Crippen molar-refractivity contribution in [3.63, 3.8) is 0 Å². The molecule has 0 aliphatic rings. The molecule has 0 radical (unpaired) electrons. The zero-order chi connectivity index (χ0) is 20.1. The summed E-state index contributed by atoms with van der Waals surface area (Å²) < 4.78 is 12.1. The first kappa shape index (κ1) is 18.3. The van der Waals surface area contributed by atoms with Crippen molar-refractivity contribution in [1.82, 2.24) is 0 Å². The number of phenols is 1. The highest BCUT2D eigenvalue weighted by Crippen LogP contribution is 2.38. The van der Waals surface area contributed by atoms with Crippen molar-refractivity contribution in [3.05, 3.63) is 114 Å². The van der Waals surface area contributed by atoms with Gasteiger partial charge in [-0.1, -0.05) is 42.5 Å². The number of hydrogen-bond acceptors (Lipinski definition) is 4. The third-order valence-corrected chi connectivity index (χ3v) is 4.29. The zero-order valence-corrected chi connectivity index (χ0v) is 15.5. The van der Waals surface area contributed by atoms with Gasteiger partial charge in [-0.3, -0.25) is 4.79 Å². The molecule has 0 saturated carbocycles. The molecule has 0 spiro atoms. The van der Waals surface area contributed by atoms with Crippen molar-refractivity contribution in [2.24, 2.45) is 0 Å². The molecule has 0 bridgehead atoms. The molecular weight excluding hydrogens is 364 g/mol. The van der Waals surface area contributed by atoms with Gasteiger partial charge in [0, 0.05) is 5.56 Å². The maximum absolute atomic E-state index is 13.2. The zero-order valence-electron chi connectivity index (χ0n) is 15.5. The van der Waals surface area contributed by atoms with Gasteiger partial charge in [0.1, 0.15) is 17.2 Å². The van der Waals surface area contributed by atoms with Crippen molar-refractivity contribution in [2.75, 3.05) is 0 Å². The highest BCUT2D eigenvalue weighted by molar-refractivity contribution is 6.11. The molecule has 0 heterocycles. The summed E-state index contributed by atoms with van der Waals surface area (Å²) in [6, 6.07) is 29.9. The predicted octanol–water partition coefficient (Wildman–Crippen LogP) is 6.21. The number of benzene rings is 4. The molecule has 0 aliphatic carbocycles. The quantitative estimate of drug-likeness (QED) is 0.403. The number of carbonyl (C=O) groups excluding carboxylic acids is 1. The van der Waals surface area contributed by atoms with Crippen LogP contribution >= 0.6 is 0 Å². The van der Waals surface area contributed by atoms with Crippen molar-refractivity contribution in [1.29, 1.82) is 0 Å². The fourth-order valence-corrected chi connectivity index (χ4v) is 2.87. The van der Waals surface area contributed by atoms with Crippen molar-refractivity contribution >= 4 is 5.78 Å². The van der Waals surface area contributed by atoms with Gasteiger partial charge in [0.15, 0.2) is 17.3 Å². The molecule has 0 fully saturated rings. The summed E-state index contributed by atoms with van der Waals surface area (Å²) in [5, 5.41) is 9.51. The smallest absolute Gasteiger partial charge is 0.196 e. The minimum absolute atomic E-state index is 0.100. The van der Waals surface area contributed by atoms with E-state index in [1.165, 1.54) is 12.1 Å². The van der Waals surface area contributed by atoms with Crippen LogP contribution in [0.3, 0.4) is 0 Å². The van der Waals surface area contributed by atoms with Gasteiger partial charge in [0.05, 0.1) is 5.56 Å². The standard InChI is InChI=1S/C25H18O4/c26-19-16-14-18(15-17-19)24(27)22-12-7-13-23(28-20-8-3-1-4-9-20)25(22)29-21-10-5-2-6-11-21/h1-17,26H. The predicted molar refractivity (Wildman–Crippen MR) is 111 cm³/mol. The maximum Gasteiger partial charge on any atom is 0.196 e. The van der Waals surface area contributed by atoms with E-state index in [2.05, 4.69) is 0 Å². The van der Waals surface area contributed by atoms with Crippen LogP contribution in [0, 0.1) is 0 Å². The molecule has 4 nitrogen and oxygen atoms in total. The second kappa shape index (κ2) is 8.31. The Morgan fingerprint density at radius 2 is 1.21 bits per heavy atom. The minimum atomic E-state index is -0.227. The number of hydrogen-bond donors (Lipinski definition) is 1. The van der Waals surface area contributed by atoms with Gasteiger partial charge in [-0.15, -0.1) is 0 Å². The monoisotopic (exact) mass is 382 g/mol. The fraction of sp³-hybridized carbons (Fsp3) is 0. The van der Waals surface area contributed by atoms with Gasteiger partial charge in [-0.25, -0.2) is 0 Å². The Morgan fingerprint density at radius 1 is 0.621 bits per heavy atom. The number of carbonyl (C=O) groups is 1. The third-order valence-electron chi connectivity index (χ3n) is 4.29. The lowest BCUT2D eigenvalue weighted by Gasteiger charge is -2.16. The van der Waals surface area contributed by atoms with Crippen molar-refractivity contribution in [3.8, 4) is 28.7 Å². The van der Waals surface area contributed by atoms with E-state index in [9.17, 15) is 9.90 Å². The summed E-state index contributed by atoms with van der Waals surface area (Å²) in [7, 11) is 0. The molecule has 0 aliphatic heterocycles. The van der Waals surface area contributed by atoms with Crippen molar-refractivity contribution < 1.29 is 19.4 Å². The Hall–Kier alpha value is -4.05. The SMILES string of the molecule is O=C(c1ccc(O)cc1)c1cccc(Oc2ccccc2)c1Oc1ccccc1. The first-order chi connectivity index (χ1) is 14.2. The van der Waals surface area contributed by atoms with E-state index in [-0.39, 0.29) is 11.5 Å². The van der Waals surface area contributed by atoms with Gasteiger partial charge in [0.25, 0.3) is 0 Å². The topological polar surface area (TPSA) is 55.8 Å². The van der Waals surface area contributed by atoms with E-state index in [0.717, 1.165) is 0 Å². The second-order valence-electron chi connectivity index (χ2n) is 6.34. The molecule has 4 rings (SSSR count). The van der Waals surface area contributed by atoms with E-state index in [4.69, 9.17) is 9.47 Å². The summed E-state index contributed by atoms with van der Waals surface area (Å²) >= 11 is 0. The van der Waals surface area contributed by atoms with Crippen LogP contribution in [0.15, 0.2) is 103 Å². The molecule has 4 aromatic carbocycles. The molecule has 142 valence electrons. The summed E-state index contributed by atoms with van der Waals surface area (Å²) in [4.78, 5) is 13.2. The molecule has 1 N–H and O–H groups in total. The van der Waals surface area contributed by atoms with E-state index in [0.29, 0.717) is 34.1 Å². The number of rotatable bonds is 6. The molecule has 4 heteroatoms. The lowest BCUT2D eigenvalue weighted by molar-refractivity contribution is 0.103.